The molecule has 2 aromatic rings. The lowest BCUT2D eigenvalue weighted by Gasteiger charge is -2.03. The number of aromatic nitrogens is 2. The van der Waals surface area contributed by atoms with E-state index in [1.54, 1.807) is 6.20 Å². The van der Waals surface area contributed by atoms with E-state index in [1.807, 2.05) is 25.2 Å². The zero-order chi connectivity index (χ0) is 10.7. The van der Waals surface area contributed by atoms with Crippen molar-refractivity contribution >= 4 is 5.82 Å². The van der Waals surface area contributed by atoms with Crippen molar-refractivity contribution in [1.82, 2.24) is 9.97 Å². The van der Waals surface area contributed by atoms with Crippen molar-refractivity contribution in [3.63, 3.8) is 0 Å². The summed E-state index contributed by atoms with van der Waals surface area (Å²) in [5, 5.41) is 3.00. The average molecular weight is 199 g/mol. The summed E-state index contributed by atoms with van der Waals surface area (Å²) >= 11 is 0. The first-order valence-corrected chi connectivity index (χ1v) is 4.87. The molecule has 0 radical (unpaired) electrons. The van der Waals surface area contributed by atoms with Crippen LogP contribution in [0, 0.1) is 6.92 Å². The van der Waals surface area contributed by atoms with Gasteiger partial charge >= 0.3 is 0 Å². The molecule has 1 N–H and O–H groups in total. The van der Waals surface area contributed by atoms with Gasteiger partial charge in [-0.25, -0.2) is 9.97 Å². The Balaban J connectivity index is 2.40. The van der Waals surface area contributed by atoms with Gasteiger partial charge in [0, 0.05) is 18.8 Å². The predicted octanol–water partition coefficient (Wildman–Crippen LogP) is 2.49. The Labute approximate surface area is 89.2 Å². The second-order valence-electron chi connectivity index (χ2n) is 3.38. The molecule has 0 atom stereocenters. The van der Waals surface area contributed by atoms with Crippen LogP contribution in [0.3, 0.4) is 0 Å². The highest BCUT2D eigenvalue weighted by Crippen LogP contribution is 2.16. The lowest BCUT2D eigenvalue weighted by molar-refractivity contribution is 1.17. The third kappa shape index (κ3) is 2.13. The van der Waals surface area contributed by atoms with E-state index in [-0.39, 0.29) is 0 Å². The molecule has 1 aromatic carbocycles. The van der Waals surface area contributed by atoms with Crippen molar-refractivity contribution in [3.8, 4) is 11.4 Å². The number of hydrogen-bond acceptors (Lipinski definition) is 3. The Hall–Kier alpha value is -1.90. The molecule has 1 heterocycles. The quantitative estimate of drug-likeness (QED) is 0.807. The van der Waals surface area contributed by atoms with Crippen LogP contribution in [0.1, 0.15) is 5.56 Å². The van der Waals surface area contributed by atoms with Crippen molar-refractivity contribution in [2.75, 3.05) is 12.4 Å². The first-order chi connectivity index (χ1) is 7.29. The highest BCUT2D eigenvalue weighted by atomic mass is 15.0. The molecule has 0 amide bonds. The lowest BCUT2D eigenvalue weighted by atomic mass is 10.1. The van der Waals surface area contributed by atoms with E-state index >= 15 is 0 Å². The summed E-state index contributed by atoms with van der Waals surface area (Å²) in [4.78, 5) is 8.61. The molecular formula is C12H13N3. The summed E-state index contributed by atoms with van der Waals surface area (Å²) in [6.45, 7) is 2.06. The molecule has 15 heavy (non-hydrogen) atoms. The summed E-state index contributed by atoms with van der Waals surface area (Å²) in [6, 6.07) is 10.0. The van der Waals surface area contributed by atoms with Gasteiger partial charge in [-0.3, -0.25) is 0 Å². The van der Waals surface area contributed by atoms with E-state index in [0.717, 1.165) is 17.2 Å². The normalized spacial score (nSPS) is 10.0. The molecule has 2 rings (SSSR count). The van der Waals surface area contributed by atoms with Gasteiger partial charge < -0.3 is 5.32 Å². The van der Waals surface area contributed by atoms with Crippen LogP contribution in [0.4, 0.5) is 5.82 Å². The fraction of sp³-hybridized carbons (Fsp3) is 0.167. The highest BCUT2D eigenvalue weighted by Gasteiger charge is 2.00. The number of hydrogen-bond donors (Lipinski definition) is 1. The van der Waals surface area contributed by atoms with Gasteiger partial charge in [-0.1, -0.05) is 29.8 Å². The molecule has 0 aliphatic rings. The maximum absolute atomic E-state index is 4.37. The zero-order valence-electron chi connectivity index (χ0n) is 8.86. The molecule has 0 saturated heterocycles. The van der Waals surface area contributed by atoms with Gasteiger partial charge in [-0.2, -0.15) is 0 Å². The SMILES string of the molecule is CNc1ccnc(-c2ccc(C)cc2)n1. The Morgan fingerprint density at radius 3 is 2.47 bits per heavy atom. The number of aryl methyl sites for hydroxylation is 1. The van der Waals surface area contributed by atoms with Crippen LogP contribution in [-0.2, 0) is 0 Å². The van der Waals surface area contributed by atoms with Crippen molar-refractivity contribution < 1.29 is 0 Å². The molecule has 0 bridgehead atoms. The predicted molar refractivity (Wildman–Crippen MR) is 61.8 cm³/mol. The van der Waals surface area contributed by atoms with E-state index in [9.17, 15) is 0 Å². The Morgan fingerprint density at radius 2 is 1.80 bits per heavy atom. The largest absolute Gasteiger partial charge is 0.373 e. The molecule has 1 aromatic heterocycles. The minimum atomic E-state index is 0.752. The minimum Gasteiger partial charge on any atom is -0.373 e. The van der Waals surface area contributed by atoms with E-state index in [0.29, 0.717) is 0 Å². The topological polar surface area (TPSA) is 37.8 Å². The van der Waals surface area contributed by atoms with Crippen LogP contribution in [0.15, 0.2) is 36.5 Å². The molecule has 0 saturated carbocycles. The van der Waals surface area contributed by atoms with E-state index in [4.69, 9.17) is 0 Å². The van der Waals surface area contributed by atoms with Crippen LogP contribution in [0.25, 0.3) is 11.4 Å². The molecule has 0 fully saturated rings. The maximum Gasteiger partial charge on any atom is 0.161 e. The lowest BCUT2D eigenvalue weighted by Crippen LogP contribution is -1.95. The van der Waals surface area contributed by atoms with Crippen LogP contribution >= 0.6 is 0 Å². The van der Waals surface area contributed by atoms with Crippen LogP contribution in [0.2, 0.25) is 0 Å². The number of anilines is 1. The van der Waals surface area contributed by atoms with Gasteiger partial charge in [0.15, 0.2) is 5.82 Å². The van der Waals surface area contributed by atoms with Crippen molar-refractivity contribution in [3.05, 3.63) is 42.1 Å². The van der Waals surface area contributed by atoms with Crippen molar-refractivity contribution in [1.29, 1.82) is 0 Å². The van der Waals surface area contributed by atoms with Gasteiger partial charge in [0.2, 0.25) is 0 Å². The zero-order valence-corrected chi connectivity index (χ0v) is 8.86. The smallest absolute Gasteiger partial charge is 0.161 e. The van der Waals surface area contributed by atoms with Gasteiger partial charge in [0.25, 0.3) is 0 Å². The van der Waals surface area contributed by atoms with E-state index in [2.05, 4.69) is 34.3 Å². The third-order valence-electron chi connectivity index (χ3n) is 2.22. The number of rotatable bonds is 2. The standard InChI is InChI=1S/C12H13N3/c1-9-3-5-10(6-4-9)12-14-8-7-11(13-2)15-12/h3-8H,1-2H3,(H,13,14,15). The minimum absolute atomic E-state index is 0.752. The molecule has 0 aliphatic carbocycles. The van der Waals surface area contributed by atoms with Crippen molar-refractivity contribution in [2.45, 2.75) is 6.92 Å². The Morgan fingerprint density at radius 1 is 1.07 bits per heavy atom. The fourth-order valence-corrected chi connectivity index (χ4v) is 1.34. The highest BCUT2D eigenvalue weighted by molar-refractivity contribution is 5.57. The molecule has 3 nitrogen and oxygen atoms in total. The summed E-state index contributed by atoms with van der Waals surface area (Å²) in [5.41, 5.74) is 2.28. The van der Waals surface area contributed by atoms with Gasteiger partial charge in [0.05, 0.1) is 0 Å². The second-order valence-corrected chi connectivity index (χ2v) is 3.38. The van der Waals surface area contributed by atoms with Gasteiger partial charge in [0.1, 0.15) is 5.82 Å². The molecule has 76 valence electrons. The maximum atomic E-state index is 4.37. The first-order valence-electron chi connectivity index (χ1n) is 4.87. The van der Waals surface area contributed by atoms with Crippen LogP contribution < -0.4 is 5.32 Å². The van der Waals surface area contributed by atoms with E-state index < -0.39 is 0 Å². The number of nitrogens with one attached hydrogen (secondary N) is 1. The van der Waals surface area contributed by atoms with Crippen molar-refractivity contribution in [2.24, 2.45) is 0 Å². The first kappa shape index (κ1) is 9.65. The molecule has 0 unspecified atom stereocenters. The Bertz CT molecular complexity index is 449. The third-order valence-corrected chi connectivity index (χ3v) is 2.22. The monoisotopic (exact) mass is 199 g/mol. The van der Waals surface area contributed by atoms with Gasteiger partial charge in [-0.15, -0.1) is 0 Å². The van der Waals surface area contributed by atoms with E-state index in [1.165, 1.54) is 5.56 Å². The summed E-state index contributed by atoms with van der Waals surface area (Å²) in [7, 11) is 1.85. The van der Waals surface area contributed by atoms with Crippen LogP contribution in [0.5, 0.6) is 0 Å². The molecule has 0 spiro atoms. The number of nitrogens with zero attached hydrogens (tertiary/aromatic N) is 2. The number of benzene rings is 1. The second kappa shape index (κ2) is 4.09. The summed E-state index contributed by atoms with van der Waals surface area (Å²) in [5.74, 6) is 1.59. The van der Waals surface area contributed by atoms with Gasteiger partial charge in [-0.05, 0) is 13.0 Å². The average Bonchev–Trinajstić information content (AvgIpc) is 2.30. The fourth-order valence-electron chi connectivity index (χ4n) is 1.34. The molecule has 3 heteroatoms. The van der Waals surface area contributed by atoms with Crippen LogP contribution in [-0.4, -0.2) is 17.0 Å². The summed E-state index contributed by atoms with van der Waals surface area (Å²) < 4.78 is 0. The molecular weight excluding hydrogens is 186 g/mol. The summed E-state index contributed by atoms with van der Waals surface area (Å²) in [6.07, 6.45) is 1.76. The Kier molecular flexibility index (Phi) is 2.63. The molecule has 0 aliphatic heterocycles.